The minimum absolute atomic E-state index is 0.618. The van der Waals surface area contributed by atoms with Crippen LogP contribution in [0.4, 0.5) is 0 Å². The van der Waals surface area contributed by atoms with Gasteiger partial charge in [-0.1, -0.05) is 6.92 Å². The Morgan fingerprint density at radius 1 is 1.22 bits per heavy atom. The summed E-state index contributed by atoms with van der Waals surface area (Å²) in [6.07, 6.45) is 1.83. The number of fused-ring (bicyclic) bond motifs is 1. The van der Waals surface area contributed by atoms with Crippen molar-refractivity contribution in [3.8, 4) is 17.0 Å². The molecule has 0 radical (unpaired) electrons. The lowest BCUT2D eigenvalue weighted by Crippen LogP contribution is -2.07. The first kappa shape index (κ1) is 16.0. The maximum absolute atomic E-state index is 5.84. The first-order valence-corrected chi connectivity index (χ1v) is 8.88. The Labute approximate surface area is 140 Å². The molecule has 23 heavy (non-hydrogen) atoms. The van der Waals surface area contributed by atoms with E-state index in [9.17, 15) is 0 Å². The van der Waals surface area contributed by atoms with E-state index in [2.05, 4.69) is 37.3 Å². The van der Waals surface area contributed by atoms with Crippen LogP contribution in [0.5, 0.6) is 5.75 Å². The summed E-state index contributed by atoms with van der Waals surface area (Å²) in [5, 5.41) is 0. The molecule has 0 spiro atoms. The van der Waals surface area contributed by atoms with E-state index in [1.54, 1.807) is 11.3 Å². The lowest BCUT2D eigenvalue weighted by Gasteiger charge is -2.07. The average Bonchev–Trinajstić information content (AvgIpc) is 3.04. The number of nitrogens with two attached hydrogens (primary N) is 1. The highest BCUT2D eigenvalue weighted by Gasteiger charge is 2.17. The molecule has 0 bridgehead atoms. The van der Waals surface area contributed by atoms with Crippen molar-refractivity contribution in [1.29, 1.82) is 0 Å². The molecule has 0 aliphatic carbocycles. The summed E-state index contributed by atoms with van der Waals surface area (Å²) in [4.78, 5) is 7.21. The minimum atomic E-state index is 0.618. The monoisotopic (exact) mass is 329 g/mol. The van der Waals surface area contributed by atoms with Crippen LogP contribution in [-0.2, 0) is 6.42 Å². The van der Waals surface area contributed by atoms with Gasteiger partial charge in [0.2, 0.25) is 0 Å². The van der Waals surface area contributed by atoms with E-state index < -0.39 is 0 Å². The molecule has 0 saturated carbocycles. The Hall–Kier alpha value is -1.85. The second-order valence-electron chi connectivity index (χ2n) is 5.68. The average molecular weight is 329 g/mol. The smallest absolute Gasteiger partial charge is 0.194 e. The van der Waals surface area contributed by atoms with Gasteiger partial charge in [-0.15, -0.1) is 11.3 Å². The highest BCUT2D eigenvalue weighted by molar-refractivity contribution is 7.17. The second-order valence-corrected chi connectivity index (χ2v) is 6.86. The first-order valence-electron chi connectivity index (χ1n) is 8.06. The molecule has 0 aliphatic heterocycles. The third kappa shape index (κ3) is 2.99. The fraction of sp³-hybridized carbons (Fsp3) is 0.389. The summed E-state index contributed by atoms with van der Waals surface area (Å²) < 4.78 is 7.91. The van der Waals surface area contributed by atoms with Crippen LogP contribution in [0.15, 0.2) is 24.3 Å². The number of nitrogens with zero attached hydrogens (tertiary/aromatic N) is 2. The Bertz CT molecular complexity index is 802. The van der Waals surface area contributed by atoms with Crippen molar-refractivity contribution in [2.75, 3.05) is 13.2 Å². The van der Waals surface area contributed by atoms with Gasteiger partial charge in [-0.25, -0.2) is 4.98 Å². The lowest BCUT2D eigenvalue weighted by atomic mass is 10.1. The summed E-state index contributed by atoms with van der Waals surface area (Å²) in [5.41, 5.74) is 10.4. The SMILES string of the molecule is CCCOc1ccc(-c2nc3sc(C)c(C)n3c2CCN)cc1. The number of aryl methyl sites for hydroxylation is 2. The van der Waals surface area contributed by atoms with Gasteiger partial charge in [0, 0.05) is 22.6 Å². The van der Waals surface area contributed by atoms with E-state index in [1.807, 2.05) is 12.1 Å². The summed E-state index contributed by atoms with van der Waals surface area (Å²) in [6.45, 7) is 7.76. The predicted molar refractivity (Wildman–Crippen MR) is 96.5 cm³/mol. The number of benzene rings is 1. The van der Waals surface area contributed by atoms with Gasteiger partial charge in [0.25, 0.3) is 0 Å². The minimum Gasteiger partial charge on any atom is -0.494 e. The molecular weight excluding hydrogens is 306 g/mol. The van der Waals surface area contributed by atoms with E-state index in [0.717, 1.165) is 41.4 Å². The van der Waals surface area contributed by atoms with E-state index in [-0.39, 0.29) is 0 Å². The summed E-state index contributed by atoms with van der Waals surface area (Å²) in [6, 6.07) is 8.20. The zero-order valence-electron chi connectivity index (χ0n) is 13.9. The van der Waals surface area contributed by atoms with E-state index >= 15 is 0 Å². The number of rotatable bonds is 6. The highest BCUT2D eigenvalue weighted by Crippen LogP contribution is 2.31. The van der Waals surface area contributed by atoms with Gasteiger partial charge in [0.15, 0.2) is 4.96 Å². The zero-order chi connectivity index (χ0) is 16.4. The topological polar surface area (TPSA) is 52.5 Å². The molecule has 0 aliphatic rings. The zero-order valence-corrected chi connectivity index (χ0v) is 14.7. The molecule has 122 valence electrons. The Morgan fingerprint density at radius 3 is 2.61 bits per heavy atom. The second kappa shape index (κ2) is 6.72. The number of thiazole rings is 1. The third-order valence-electron chi connectivity index (χ3n) is 4.01. The van der Waals surface area contributed by atoms with Gasteiger partial charge in [-0.05, 0) is 51.1 Å². The lowest BCUT2D eigenvalue weighted by molar-refractivity contribution is 0.317. The molecule has 0 atom stereocenters. The van der Waals surface area contributed by atoms with Gasteiger partial charge >= 0.3 is 0 Å². The van der Waals surface area contributed by atoms with E-state index in [1.165, 1.54) is 16.3 Å². The molecule has 2 aromatic heterocycles. The van der Waals surface area contributed by atoms with Crippen LogP contribution in [0.2, 0.25) is 0 Å². The van der Waals surface area contributed by atoms with Gasteiger partial charge in [0.1, 0.15) is 5.75 Å². The number of aromatic nitrogens is 2. The van der Waals surface area contributed by atoms with Crippen molar-refractivity contribution in [2.24, 2.45) is 5.73 Å². The molecule has 3 rings (SSSR count). The van der Waals surface area contributed by atoms with Crippen LogP contribution >= 0.6 is 11.3 Å². The van der Waals surface area contributed by atoms with Gasteiger partial charge in [-0.2, -0.15) is 0 Å². The standard InChI is InChI=1S/C18H23N3OS/c1-4-11-22-15-7-5-14(6-8-15)17-16(9-10-19)21-12(2)13(3)23-18(21)20-17/h5-8H,4,9-11,19H2,1-3H3. The van der Waals surface area contributed by atoms with Gasteiger partial charge in [0.05, 0.1) is 18.0 Å². The van der Waals surface area contributed by atoms with Crippen molar-refractivity contribution < 1.29 is 4.74 Å². The maximum atomic E-state index is 5.84. The Kier molecular flexibility index (Phi) is 4.68. The van der Waals surface area contributed by atoms with Crippen molar-refractivity contribution in [1.82, 2.24) is 9.38 Å². The van der Waals surface area contributed by atoms with Crippen molar-refractivity contribution in [3.63, 3.8) is 0 Å². The van der Waals surface area contributed by atoms with Crippen LogP contribution in [-0.4, -0.2) is 22.5 Å². The normalized spacial score (nSPS) is 11.3. The Balaban J connectivity index is 2.03. The number of imidazole rings is 1. The molecule has 5 heteroatoms. The van der Waals surface area contributed by atoms with Crippen LogP contribution in [0.3, 0.4) is 0 Å². The Morgan fingerprint density at radius 2 is 1.96 bits per heavy atom. The number of ether oxygens (including phenoxy) is 1. The predicted octanol–water partition coefficient (Wildman–Crippen LogP) is 3.97. The first-order chi connectivity index (χ1) is 11.2. The fourth-order valence-corrected chi connectivity index (χ4v) is 3.73. The molecular formula is C18H23N3OS. The molecule has 0 fully saturated rings. The van der Waals surface area contributed by atoms with Crippen LogP contribution in [0.25, 0.3) is 16.2 Å². The molecule has 0 unspecified atom stereocenters. The largest absolute Gasteiger partial charge is 0.494 e. The number of hydrogen-bond donors (Lipinski definition) is 1. The van der Waals surface area contributed by atoms with E-state index in [0.29, 0.717) is 6.54 Å². The molecule has 0 amide bonds. The van der Waals surface area contributed by atoms with Crippen molar-refractivity contribution in [3.05, 3.63) is 40.5 Å². The third-order valence-corrected chi connectivity index (χ3v) is 5.07. The highest BCUT2D eigenvalue weighted by atomic mass is 32.1. The fourth-order valence-electron chi connectivity index (χ4n) is 2.74. The van der Waals surface area contributed by atoms with E-state index in [4.69, 9.17) is 15.5 Å². The van der Waals surface area contributed by atoms with Crippen molar-refractivity contribution in [2.45, 2.75) is 33.6 Å². The molecule has 4 nitrogen and oxygen atoms in total. The van der Waals surface area contributed by atoms with Gasteiger partial charge in [-0.3, -0.25) is 4.40 Å². The summed E-state index contributed by atoms with van der Waals surface area (Å²) in [5.74, 6) is 0.907. The van der Waals surface area contributed by atoms with Crippen molar-refractivity contribution >= 4 is 16.3 Å². The molecule has 2 heterocycles. The van der Waals surface area contributed by atoms with Gasteiger partial charge < -0.3 is 10.5 Å². The molecule has 1 aromatic carbocycles. The summed E-state index contributed by atoms with van der Waals surface area (Å²) >= 11 is 1.73. The summed E-state index contributed by atoms with van der Waals surface area (Å²) in [7, 11) is 0. The van der Waals surface area contributed by atoms with Crippen LogP contribution in [0.1, 0.15) is 29.6 Å². The molecule has 0 saturated heterocycles. The number of hydrogen-bond acceptors (Lipinski definition) is 4. The molecule has 3 aromatic rings. The van der Waals surface area contributed by atoms with Crippen LogP contribution < -0.4 is 10.5 Å². The quantitative estimate of drug-likeness (QED) is 0.744. The maximum Gasteiger partial charge on any atom is 0.194 e. The molecule has 2 N–H and O–H groups in total. The van der Waals surface area contributed by atoms with Crippen LogP contribution in [0, 0.1) is 13.8 Å².